The maximum absolute atomic E-state index is 10.2. The van der Waals surface area contributed by atoms with Gasteiger partial charge in [0.2, 0.25) is 0 Å². The second-order valence-electron chi connectivity index (χ2n) is 3.85. The van der Waals surface area contributed by atoms with Gasteiger partial charge in [0.15, 0.2) is 0 Å². The molecule has 14 heavy (non-hydrogen) atoms. The molecule has 1 atom stereocenters. The Bertz CT molecular complexity index is 185. The Hall–Kier alpha value is -0.260. The van der Waals surface area contributed by atoms with Crippen molar-refractivity contribution in [1.82, 2.24) is 5.32 Å². The summed E-state index contributed by atoms with van der Waals surface area (Å²) in [5.74, 6) is -0.969. The van der Waals surface area contributed by atoms with Crippen LogP contribution in [0.3, 0.4) is 0 Å². The SMILES string of the molecule is CSC(C)(C)CNCC(O)CC(=O)O. The highest BCUT2D eigenvalue weighted by molar-refractivity contribution is 7.99. The number of carboxylic acid groups (broad SMARTS) is 1. The van der Waals surface area contributed by atoms with E-state index in [4.69, 9.17) is 5.11 Å². The standard InChI is InChI=1S/C9H19NO3S/c1-9(2,14-3)6-10-5-7(11)4-8(12)13/h7,10-11H,4-6H2,1-3H3,(H,12,13). The molecule has 0 amide bonds. The second-order valence-corrected chi connectivity index (χ2v) is 5.36. The predicted octanol–water partition coefficient (Wildman–Crippen LogP) is 0.553. The maximum atomic E-state index is 10.2. The second kappa shape index (κ2) is 6.27. The zero-order chi connectivity index (χ0) is 11.2. The van der Waals surface area contributed by atoms with E-state index in [1.54, 1.807) is 11.8 Å². The number of aliphatic hydroxyl groups is 1. The van der Waals surface area contributed by atoms with Crippen LogP contribution in [0.15, 0.2) is 0 Å². The summed E-state index contributed by atoms with van der Waals surface area (Å²) in [5.41, 5.74) is 0. The third-order valence-electron chi connectivity index (χ3n) is 1.89. The third-order valence-corrected chi connectivity index (χ3v) is 3.14. The van der Waals surface area contributed by atoms with E-state index in [9.17, 15) is 9.90 Å². The predicted molar refractivity (Wildman–Crippen MR) is 58.7 cm³/mol. The number of carbonyl (C=O) groups is 1. The van der Waals surface area contributed by atoms with Crippen molar-refractivity contribution in [1.29, 1.82) is 0 Å². The highest BCUT2D eigenvalue weighted by Gasteiger charge is 2.16. The fourth-order valence-corrected chi connectivity index (χ4v) is 1.13. The summed E-state index contributed by atoms with van der Waals surface area (Å²) in [6.45, 7) is 5.27. The van der Waals surface area contributed by atoms with Crippen molar-refractivity contribution in [2.45, 2.75) is 31.1 Å². The first kappa shape index (κ1) is 13.7. The Morgan fingerprint density at radius 1 is 1.57 bits per heavy atom. The van der Waals surface area contributed by atoms with Crippen LogP contribution >= 0.6 is 11.8 Å². The van der Waals surface area contributed by atoms with Crippen LogP contribution in [0.1, 0.15) is 20.3 Å². The first-order chi connectivity index (χ1) is 6.37. The van der Waals surface area contributed by atoms with Crippen LogP contribution < -0.4 is 5.32 Å². The molecule has 0 heterocycles. The van der Waals surface area contributed by atoms with E-state index < -0.39 is 12.1 Å². The minimum Gasteiger partial charge on any atom is -0.481 e. The van der Waals surface area contributed by atoms with Crippen LogP contribution in [0.25, 0.3) is 0 Å². The van der Waals surface area contributed by atoms with Crippen molar-refractivity contribution in [2.24, 2.45) is 0 Å². The summed E-state index contributed by atoms with van der Waals surface area (Å²) in [6, 6.07) is 0. The quantitative estimate of drug-likeness (QED) is 0.586. The molecule has 84 valence electrons. The molecule has 0 aliphatic rings. The number of hydrogen-bond acceptors (Lipinski definition) is 4. The molecule has 3 N–H and O–H groups in total. The number of nitrogens with one attached hydrogen (secondary N) is 1. The van der Waals surface area contributed by atoms with Crippen molar-refractivity contribution in [3.8, 4) is 0 Å². The largest absolute Gasteiger partial charge is 0.481 e. The van der Waals surface area contributed by atoms with Crippen LogP contribution in [-0.2, 0) is 4.79 Å². The van der Waals surface area contributed by atoms with Crippen molar-refractivity contribution < 1.29 is 15.0 Å². The molecule has 4 nitrogen and oxygen atoms in total. The molecule has 0 rings (SSSR count). The molecule has 5 heteroatoms. The highest BCUT2D eigenvalue weighted by Crippen LogP contribution is 2.19. The van der Waals surface area contributed by atoms with Crippen molar-refractivity contribution >= 4 is 17.7 Å². The van der Waals surface area contributed by atoms with Crippen LogP contribution in [0.4, 0.5) is 0 Å². The normalized spacial score (nSPS) is 14.0. The Balaban J connectivity index is 3.58. The van der Waals surface area contributed by atoms with Gasteiger partial charge in [-0.1, -0.05) is 0 Å². The van der Waals surface area contributed by atoms with Gasteiger partial charge in [0.25, 0.3) is 0 Å². The lowest BCUT2D eigenvalue weighted by atomic mass is 10.2. The van der Waals surface area contributed by atoms with E-state index in [2.05, 4.69) is 19.2 Å². The number of rotatable bonds is 7. The van der Waals surface area contributed by atoms with Gasteiger partial charge in [-0.3, -0.25) is 4.79 Å². The molecule has 0 aromatic carbocycles. The number of aliphatic carboxylic acids is 1. The minimum absolute atomic E-state index is 0.114. The van der Waals surface area contributed by atoms with E-state index in [0.717, 1.165) is 6.54 Å². The zero-order valence-electron chi connectivity index (χ0n) is 8.91. The van der Waals surface area contributed by atoms with E-state index in [-0.39, 0.29) is 11.2 Å². The van der Waals surface area contributed by atoms with Crippen LogP contribution in [0, 0.1) is 0 Å². The average molecular weight is 221 g/mol. The molecule has 0 aromatic rings. The first-order valence-electron chi connectivity index (χ1n) is 4.53. The molecule has 0 bridgehead atoms. The van der Waals surface area contributed by atoms with Gasteiger partial charge < -0.3 is 15.5 Å². The Labute approximate surface area is 89.1 Å². The molecular formula is C9H19NO3S. The highest BCUT2D eigenvalue weighted by atomic mass is 32.2. The third kappa shape index (κ3) is 7.17. The van der Waals surface area contributed by atoms with Gasteiger partial charge in [-0.15, -0.1) is 0 Å². The minimum atomic E-state index is -0.969. The zero-order valence-corrected chi connectivity index (χ0v) is 9.73. The molecule has 0 saturated carbocycles. The molecule has 0 fully saturated rings. The van der Waals surface area contributed by atoms with Crippen LogP contribution in [0.2, 0.25) is 0 Å². The Morgan fingerprint density at radius 2 is 2.14 bits per heavy atom. The van der Waals surface area contributed by atoms with Crippen molar-refractivity contribution in [2.75, 3.05) is 19.3 Å². The van der Waals surface area contributed by atoms with E-state index in [1.807, 2.05) is 6.26 Å². The van der Waals surface area contributed by atoms with Crippen LogP contribution in [-0.4, -0.2) is 46.4 Å². The van der Waals surface area contributed by atoms with Gasteiger partial charge in [0, 0.05) is 17.8 Å². The summed E-state index contributed by atoms with van der Waals surface area (Å²) in [4.78, 5) is 10.2. The van der Waals surface area contributed by atoms with E-state index in [0.29, 0.717) is 6.54 Å². The first-order valence-corrected chi connectivity index (χ1v) is 5.75. The van der Waals surface area contributed by atoms with E-state index in [1.165, 1.54) is 0 Å². The maximum Gasteiger partial charge on any atom is 0.306 e. The smallest absolute Gasteiger partial charge is 0.306 e. The van der Waals surface area contributed by atoms with Gasteiger partial charge in [0.05, 0.1) is 12.5 Å². The van der Waals surface area contributed by atoms with Gasteiger partial charge >= 0.3 is 5.97 Å². The van der Waals surface area contributed by atoms with Gasteiger partial charge in [-0.2, -0.15) is 11.8 Å². The molecule has 0 aliphatic heterocycles. The summed E-state index contributed by atoms with van der Waals surface area (Å²) < 4.78 is 0.114. The summed E-state index contributed by atoms with van der Waals surface area (Å²) >= 11 is 1.73. The number of aliphatic hydroxyl groups excluding tert-OH is 1. The van der Waals surface area contributed by atoms with Gasteiger partial charge in [-0.05, 0) is 20.1 Å². The average Bonchev–Trinajstić information content (AvgIpc) is 2.02. The van der Waals surface area contributed by atoms with Gasteiger partial charge in [0.1, 0.15) is 0 Å². The number of carboxylic acids is 1. The molecule has 1 unspecified atom stereocenters. The topological polar surface area (TPSA) is 69.6 Å². The number of hydrogen-bond donors (Lipinski definition) is 3. The van der Waals surface area contributed by atoms with Crippen LogP contribution in [0.5, 0.6) is 0 Å². The lowest BCUT2D eigenvalue weighted by Crippen LogP contribution is -2.37. The lowest BCUT2D eigenvalue weighted by Gasteiger charge is -2.23. The fourth-order valence-electron chi connectivity index (χ4n) is 0.886. The molecule has 0 aromatic heterocycles. The Kier molecular flexibility index (Phi) is 6.15. The summed E-state index contributed by atoms with van der Waals surface area (Å²) in [5, 5.41) is 20.7. The van der Waals surface area contributed by atoms with Crippen molar-refractivity contribution in [3.05, 3.63) is 0 Å². The Morgan fingerprint density at radius 3 is 2.57 bits per heavy atom. The monoisotopic (exact) mass is 221 g/mol. The van der Waals surface area contributed by atoms with Gasteiger partial charge in [-0.25, -0.2) is 0 Å². The molecule has 0 radical (unpaired) electrons. The van der Waals surface area contributed by atoms with Crippen molar-refractivity contribution in [3.63, 3.8) is 0 Å². The lowest BCUT2D eigenvalue weighted by molar-refractivity contribution is -0.139. The molecule has 0 spiro atoms. The summed E-state index contributed by atoms with van der Waals surface area (Å²) in [7, 11) is 0. The fraction of sp³-hybridized carbons (Fsp3) is 0.889. The summed E-state index contributed by atoms with van der Waals surface area (Å²) in [6.07, 6.45) is 1.02. The molecule has 0 saturated heterocycles. The molecular weight excluding hydrogens is 202 g/mol. The molecule has 0 aliphatic carbocycles. The van der Waals surface area contributed by atoms with E-state index >= 15 is 0 Å². The number of thioether (sulfide) groups is 1.